The number of thiocarbonyl (C=S) groups is 1. The average molecular weight is 250 g/mol. The molecule has 1 aromatic heterocycles. The van der Waals surface area contributed by atoms with Crippen LogP contribution in [0.3, 0.4) is 0 Å². The zero-order chi connectivity index (χ0) is 12.6. The van der Waals surface area contributed by atoms with E-state index < -0.39 is 11.8 Å². The summed E-state index contributed by atoms with van der Waals surface area (Å²) in [6, 6.07) is 3.45. The van der Waals surface area contributed by atoms with Gasteiger partial charge in [0.2, 0.25) is 0 Å². The van der Waals surface area contributed by atoms with Gasteiger partial charge >= 0.3 is 0 Å². The lowest BCUT2D eigenvalue weighted by Crippen LogP contribution is -2.52. The first-order chi connectivity index (χ1) is 7.99. The minimum absolute atomic E-state index is 0.00968. The lowest BCUT2D eigenvalue weighted by molar-refractivity contribution is -0.128. The number of rotatable bonds is 1. The van der Waals surface area contributed by atoms with Crippen molar-refractivity contribution < 1.29 is 14.0 Å². The highest BCUT2D eigenvalue weighted by atomic mass is 32.1. The molecule has 0 bridgehead atoms. The van der Waals surface area contributed by atoms with Crippen molar-refractivity contribution in [3.8, 4) is 0 Å². The molecule has 0 radical (unpaired) electrons. The van der Waals surface area contributed by atoms with E-state index in [1.807, 2.05) is 0 Å². The Bertz CT molecular complexity index is 545. The fourth-order valence-electron chi connectivity index (χ4n) is 1.42. The highest BCUT2D eigenvalue weighted by Gasteiger charge is 2.30. The van der Waals surface area contributed by atoms with Gasteiger partial charge in [-0.1, -0.05) is 0 Å². The van der Waals surface area contributed by atoms with Gasteiger partial charge in [0.1, 0.15) is 17.1 Å². The number of furan rings is 1. The summed E-state index contributed by atoms with van der Waals surface area (Å²) in [6.45, 7) is 1.78. The number of aryl methyl sites for hydroxylation is 1. The minimum Gasteiger partial charge on any atom is -0.462 e. The average Bonchev–Trinajstić information content (AvgIpc) is 2.67. The molecule has 0 spiro atoms. The van der Waals surface area contributed by atoms with Crippen LogP contribution in [0.2, 0.25) is 0 Å². The summed E-state index contributed by atoms with van der Waals surface area (Å²) in [7, 11) is 1.51. The quantitative estimate of drug-likeness (QED) is 0.456. The molecule has 17 heavy (non-hydrogen) atoms. The van der Waals surface area contributed by atoms with E-state index in [9.17, 15) is 9.59 Å². The van der Waals surface area contributed by atoms with E-state index in [2.05, 4.69) is 5.32 Å². The van der Waals surface area contributed by atoms with Crippen LogP contribution in [0.15, 0.2) is 22.1 Å². The third-order valence-corrected chi connectivity index (χ3v) is 2.73. The number of nitrogens with one attached hydrogen (secondary N) is 1. The van der Waals surface area contributed by atoms with Crippen molar-refractivity contribution in [1.29, 1.82) is 0 Å². The first-order valence-electron chi connectivity index (χ1n) is 4.90. The predicted molar refractivity (Wildman–Crippen MR) is 64.9 cm³/mol. The first kappa shape index (κ1) is 11.5. The van der Waals surface area contributed by atoms with Crippen molar-refractivity contribution in [3.05, 3.63) is 29.2 Å². The Morgan fingerprint density at radius 3 is 2.71 bits per heavy atom. The van der Waals surface area contributed by atoms with Crippen molar-refractivity contribution in [2.45, 2.75) is 6.92 Å². The molecule has 1 aliphatic heterocycles. The van der Waals surface area contributed by atoms with Gasteiger partial charge in [-0.2, -0.15) is 0 Å². The minimum atomic E-state index is -0.507. The van der Waals surface area contributed by atoms with Gasteiger partial charge < -0.3 is 4.42 Å². The van der Waals surface area contributed by atoms with Gasteiger partial charge in [0.05, 0.1) is 0 Å². The van der Waals surface area contributed by atoms with E-state index in [-0.39, 0.29) is 10.7 Å². The standard InChI is InChI=1S/C11H10N2O3S/c1-6-3-4-7(16-6)5-8-9(14)12-11(17)13(2)10(8)15/h3-5H,1-2H3,(H,12,14,17)/b8-5-. The van der Waals surface area contributed by atoms with Crippen LogP contribution in [0, 0.1) is 6.92 Å². The van der Waals surface area contributed by atoms with Gasteiger partial charge in [-0.25, -0.2) is 0 Å². The molecule has 2 heterocycles. The molecule has 6 heteroatoms. The van der Waals surface area contributed by atoms with Crippen LogP contribution >= 0.6 is 12.2 Å². The molecule has 0 aliphatic carbocycles. The van der Waals surface area contributed by atoms with Crippen LogP contribution < -0.4 is 5.32 Å². The molecule has 5 nitrogen and oxygen atoms in total. The van der Waals surface area contributed by atoms with Crippen LogP contribution in [0.5, 0.6) is 0 Å². The second-order valence-corrected chi connectivity index (χ2v) is 4.02. The number of hydrogen-bond donors (Lipinski definition) is 1. The zero-order valence-corrected chi connectivity index (χ0v) is 10.1. The maximum atomic E-state index is 11.8. The normalized spacial score (nSPS) is 18.8. The van der Waals surface area contributed by atoms with Gasteiger partial charge in [0.15, 0.2) is 5.11 Å². The molecule has 88 valence electrons. The number of nitrogens with zero attached hydrogens (tertiary/aromatic N) is 1. The van der Waals surface area contributed by atoms with Crippen molar-refractivity contribution in [3.63, 3.8) is 0 Å². The summed E-state index contributed by atoms with van der Waals surface area (Å²) in [5.41, 5.74) is 0.00968. The van der Waals surface area contributed by atoms with Gasteiger partial charge in [-0.05, 0) is 37.4 Å². The van der Waals surface area contributed by atoms with Crippen molar-refractivity contribution in [1.82, 2.24) is 10.2 Å². The molecule has 2 amide bonds. The Kier molecular flexibility index (Phi) is 2.81. The monoisotopic (exact) mass is 250 g/mol. The lowest BCUT2D eigenvalue weighted by atomic mass is 10.1. The lowest BCUT2D eigenvalue weighted by Gasteiger charge is -2.24. The number of likely N-dealkylation sites (N-methyl/N-ethyl adjacent to an activating group) is 1. The molecule has 1 aliphatic rings. The van der Waals surface area contributed by atoms with Crippen LogP contribution in [-0.4, -0.2) is 28.9 Å². The molecule has 0 atom stereocenters. The topological polar surface area (TPSA) is 62.6 Å². The van der Waals surface area contributed by atoms with Crippen LogP contribution in [0.4, 0.5) is 0 Å². The molecule has 0 aromatic carbocycles. The molecule has 2 rings (SSSR count). The van der Waals surface area contributed by atoms with E-state index in [0.717, 1.165) is 0 Å². The Labute approximate surface area is 103 Å². The molecule has 0 unspecified atom stereocenters. The Morgan fingerprint density at radius 2 is 2.12 bits per heavy atom. The summed E-state index contributed by atoms with van der Waals surface area (Å²) >= 11 is 4.83. The van der Waals surface area contributed by atoms with Crippen LogP contribution in [-0.2, 0) is 9.59 Å². The fourth-order valence-corrected chi connectivity index (χ4v) is 1.59. The van der Waals surface area contributed by atoms with Crippen molar-refractivity contribution in [2.24, 2.45) is 0 Å². The number of amides is 2. The third kappa shape index (κ3) is 2.12. The summed E-state index contributed by atoms with van der Waals surface area (Å²) in [5, 5.41) is 2.53. The van der Waals surface area contributed by atoms with Gasteiger partial charge in [0.25, 0.3) is 11.8 Å². The first-order valence-corrected chi connectivity index (χ1v) is 5.31. The molecule has 0 saturated carbocycles. The second kappa shape index (κ2) is 4.14. The largest absolute Gasteiger partial charge is 0.462 e. The Balaban J connectivity index is 2.37. The molecule has 1 fully saturated rings. The zero-order valence-electron chi connectivity index (χ0n) is 9.31. The van der Waals surface area contributed by atoms with Crippen molar-refractivity contribution in [2.75, 3.05) is 7.05 Å². The second-order valence-electron chi connectivity index (χ2n) is 3.63. The molecular weight excluding hydrogens is 240 g/mol. The summed E-state index contributed by atoms with van der Waals surface area (Å²) in [4.78, 5) is 24.6. The van der Waals surface area contributed by atoms with Gasteiger partial charge in [-0.3, -0.25) is 19.8 Å². The number of hydrogen-bond acceptors (Lipinski definition) is 4. The van der Waals surface area contributed by atoms with Gasteiger partial charge in [0, 0.05) is 7.05 Å². The highest BCUT2D eigenvalue weighted by Crippen LogP contribution is 2.15. The summed E-state index contributed by atoms with van der Waals surface area (Å²) in [5.74, 6) is 0.228. The SMILES string of the molecule is Cc1ccc(/C=C2/C(=O)NC(=S)N(C)C2=O)o1. The van der Waals surface area contributed by atoms with Gasteiger partial charge in [-0.15, -0.1) is 0 Å². The van der Waals surface area contributed by atoms with Crippen LogP contribution in [0.1, 0.15) is 11.5 Å². The maximum Gasteiger partial charge on any atom is 0.265 e. The third-order valence-electron chi connectivity index (χ3n) is 2.35. The van der Waals surface area contributed by atoms with E-state index in [4.69, 9.17) is 16.6 Å². The number of carbonyl (C=O) groups is 2. The van der Waals surface area contributed by atoms with Crippen molar-refractivity contribution >= 4 is 35.2 Å². The van der Waals surface area contributed by atoms with E-state index >= 15 is 0 Å². The Morgan fingerprint density at radius 1 is 1.41 bits per heavy atom. The maximum absolute atomic E-state index is 11.8. The number of carbonyl (C=O) groups excluding carboxylic acids is 2. The Hall–Kier alpha value is -1.95. The van der Waals surface area contributed by atoms with E-state index in [0.29, 0.717) is 11.5 Å². The summed E-state index contributed by atoms with van der Waals surface area (Å²) < 4.78 is 5.29. The molecular formula is C11H10N2O3S. The summed E-state index contributed by atoms with van der Waals surface area (Å²) in [6.07, 6.45) is 1.41. The predicted octanol–water partition coefficient (Wildman–Crippen LogP) is 0.845. The molecule has 1 aromatic rings. The molecule has 1 saturated heterocycles. The highest BCUT2D eigenvalue weighted by molar-refractivity contribution is 7.80. The fraction of sp³-hybridized carbons (Fsp3) is 0.182. The van der Waals surface area contributed by atoms with E-state index in [1.165, 1.54) is 18.0 Å². The smallest absolute Gasteiger partial charge is 0.265 e. The molecule has 1 N–H and O–H groups in total. The van der Waals surface area contributed by atoms with E-state index in [1.54, 1.807) is 19.1 Å². The van der Waals surface area contributed by atoms with Crippen LogP contribution in [0.25, 0.3) is 6.08 Å².